The van der Waals surface area contributed by atoms with Crippen LogP contribution in [-0.4, -0.2) is 63.4 Å². The predicted octanol–water partition coefficient (Wildman–Crippen LogP) is 3.11. The minimum absolute atomic E-state index is 0.164. The van der Waals surface area contributed by atoms with Crippen molar-refractivity contribution in [2.75, 3.05) is 39.9 Å². The van der Waals surface area contributed by atoms with Gasteiger partial charge < -0.3 is 14.4 Å². The lowest BCUT2D eigenvalue weighted by Gasteiger charge is -2.33. The van der Waals surface area contributed by atoms with Crippen LogP contribution in [0.5, 0.6) is 11.5 Å². The quantitative estimate of drug-likeness (QED) is 0.451. The number of hydrogen-bond donors (Lipinski definition) is 0. The Balaban J connectivity index is 1.60. The molecule has 1 aliphatic rings. The van der Waals surface area contributed by atoms with E-state index < -0.39 is 10.0 Å². The number of amides is 1. The fourth-order valence-electron chi connectivity index (χ4n) is 3.34. The average molecular weight is 457 g/mol. The standard InChI is InChI=1S/C24H28N2O5S/c1-4-17-31-22-11-7-20(18-23(22)30-3)8-12-24(27)25-13-15-26(16-14-25)32(28,29)21-9-5-19(2)6-10-21/h4-12,18H,1,13-17H2,2-3H3/b12-8+. The van der Waals surface area contributed by atoms with Crippen molar-refractivity contribution in [3.8, 4) is 11.5 Å². The Bertz CT molecular complexity index is 1090. The number of rotatable bonds is 8. The van der Waals surface area contributed by atoms with Crippen LogP contribution in [0.25, 0.3) is 6.08 Å². The minimum Gasteiger partial charge on any atom is -0.493 e. The Morgan fingerprint density at radius 1 is 1.06 bits per heavy atom. The summed E-state index contributed by atoms with van der Waals surface area (Å²) in [5.74, 6) is 1.00. The fraction of sp³-hybridized carbons (Fsp3) is 0.292. The average Bonchev–Trinajstić information content (AvgIpc) is 2.81. The lowest BCUT2D eigenvalue weighted by atomic mass is 10.2. The van der Waals surface area contributed by atoms with Gasteiger partial charge in [-0.25, -0.2) is 8.42 Å². The third-order valence-corrected chi connectivity index (χ3v) is 7.08. The van der Waals surface area contributed by atoms with E-state index in [4.69, 9.17) is 9.47 Å². The molecule has 1 saturated heterocycles. The van der Waals surface area contributed by atoms with Crippen molar-refractivity contribution in [2.24, 2.45) is 0 Å². The summed E-state index contributed by atoms with van der Waals surface area (Å²) >= 11 is 0. The number of piperazine rings is 1. The van der Waals surface area contributed by atoms with Crippen LogP contribution in [0.3, 0.4) is 0 Å². The molecule has 7 nitrogen and oxygen atoms in total. The normalized spacial score (nSPS) is 15.0. The first kappa shape index (κ1) is 23.6. The van der Waals surface area contributed by atoms with E-state index >= 15 is 0 Å². The topological polar surface area (TPSA) is 76.2 Å². The van der Waals surface area contributed by atoms with Gasteiger partial charge in [-0.05, 0) is 42.8 Å². The van der Waals surface area contributed by atoms with Crippen molar-refractivity contribution < 1.29 is 22.7 Å². The molecule has 170 valence electrons. The molecule has 0 aromatic heterocycles. The van der Waals surface area contributed by atoms with Crippen molar-refractivity contribution in [1.29, 1.82) is 0 Å². The van der Waals surface area contributed by atoms with Crippen LogP contribution < -0.4 is 9.47 Å². The summed E-state index contributed by atoms with van der Waals surface area (Å²) in [6.45, 7) is 7.11. The summed E-state index contributed by atoms with van der Waals surface area (Å²) in [6.07, 6.45) is 4.85. The van der Waals surface area contributed by atoms with Crippen molar-refractivity contribution in [3.05, 3.63) is 72.3 Å². The van der Waals surface area contributed by atoms with Crippen LogP contribution in [0.2, 0.25) is 0 Å². The number of nitrogens with zero attached hydrogens (tertiary/aromatic N) is 2. The second kappa shape index (κ2) is 10.5. The molecule has 1 heterocycles. The maximum Gasteiger partial charge on any atom is 0.246 e. The smallest absolute Gasteiger partial charge is 0.246 e. The van der Waals surface area contributed by atoms with E-state index in [1.807, 2.05) is 13.0 Å². The third kappa shape index (κ3) is 5.57. The van der Waals surface area contributed by atoms with Crippen LogP contribution in [0, 0.1) is 6.92 Å². The highest BCUT2D eigenvalue weighted by Gasteiger charge is 2.29. The molecule has 0 radical (unpaired) electrons. The van der Waals surface area contributed by atoms with E-state index in [9.17, 15) is 13.2 Å². The molecule has 0 atom stereocenters. The summed E-state index contributed by atoms with van der Waals surface area (Å²) in [7, 11) is -2.00. The summed E-state index contributed by atoms with van der Waals surface area (Å²) in [5, 5.41) is 0. The van der Waals surface area contributed by atoms with Crippen LogP contribution in [0.4, 0.5) is 0 Å². The van der Waals surface area contributed by atoms with Gasteiger partial charge in [0.1, 0.15) is 6.61 Å². The summed E-state index contributed by atoms with van der Waals surface area (Å²) < 4.78 is 37.9. The van der Waals surface area contributed by atoms with E-state index in [2.05, 4.69) is 6.58 Å². The van der Waals surface area contributed by atoms with Gasteiger partial charge >= 0.3 is 0 Å². The van der Waals surface area contributed by atoms with Crippen LogP contribution in [0.1, 0.15) is 11.1 Å². The van der Waals surface area contributed by atoms with Crippen molar-refractivity contribution in [1.82, 2.24) is 9.21 Å². The van der Waals surface area contributed by atoms with E-state index in [-0.39, 0.29) is 23.9 Å². The number of sulfonamides is 1. The van der Waals surface area contributed by atoms with Gasteiger partial charge in [-0.3, -0.25) is 4.79 Å². The lowest BCUT2D eigenvalue weighted by molar-refractivity contribution is -0.127. The first-order valence-corrected chi connectivity index (χ1v) is 11.7. The molecule has 0 N–H and O–H groups in total. The summed E-state index contributed by atoms with van der Waals surface area (Å²) in [5.41, 5.74) is 1.80. The zero-order chi connectivity index (χ0) is 23.1. The van der Waals surface area contributed by atoms with Gasteiger partial charge in [0.2, 0.25) is 15.9 Å². The third-order valence-electron chi connectivity index (χ3n) is 5.17. The number of carbonyl (C=O) groups excluding carboxylic acids is 1. The maximum atomic E-state index is 12.8. The van der Waals surface area contributed by atoms with Crippen LogP contribution in [0.15, 0.2) is 66.1 Å². The Kier molecular flexibility index (Phi) is 7.71. The molecule has 1 aliphatic heterocycles. The molecule has 3 rings (SSSR count). The molecule has 32 heavy (non-hydrogen) atoms. The highest BCUT2D eigenvalue weighted by Crippen LogP contribution is 2.28. The van der Waals surface area contributed by atoms with Gasteiger partial charge in [-0.2, -0.15) is 4.31 Å². The zero-order valence-electron chi connectivity index (χ0n) is 18.4. The summed E-state index contributed by atoms with van der Waals surface area (Å²) in [6, 6.07) is 12.2. The molecule has 1 fully saturated rings. The van der Waals surface area contributed by atoms with Gasteiger partial charge in [-0.15, -0.1) is 0 Å². The van der Waals surface area contributed by atoms with Crippen LogP contribution >= 0.6 is 0 Å². The highest BCUT2D eigenvalue weighted by molar-refractivity contribution is 7.89. The van der Waals surface area contributed by atoms with Crippen molar-refractivity contribution >= 4 is 22.0 Å². The first-order chi connectivity index (χ1) is 15.3. The zero-order valence-corrected chi connectivity index (χ0v) is 19.2. The monoisotopic (exact) mass is 456 g/mol. The second-order valence-corrected chi connectivity index (χ2v) is 9.32. The predicted molar refractivity (Wildman–Crippen MR) is 124 cm³/mol. The fourth-order valence-corrected chi connectivity index (χ4v) is 4.76. The largest absolute Gasteiger partial charge is 0.493 e. The SMILES string of the molecule is C=CCOc1ccc(/C=C/C(=O)N2CCN(S(=O)(=O)c3ccc(C)cc3)CC2)cc1OC. The molecule has 0 aliphatic carbocycles. The molecular formula is C24H28N2O5S. The molecule has 1 amide bonds. The molecule has 0 saturated carbocycles. The lowest BCUT2D eigenvalue weighted by Crippen LogP contribution is -2.50. The van der Waals surface area contributed by atoms with Gasteiger partial charge in [0.15, 0.2) is 11.5 Å². The van der Waals surface area contributed by atoms with E-state index in [0.29, 0.717) is 31.2 Å². The molecule has 0 bridgehead atoms. The number of ether oxygens (including phenoxy) is 2. The Labute approximate surface area is 189 Å². The number of hydrogen-bond acceptors (Lipinski definition) is 5. The number of benzene rings is 2. The Hall–Kier alpha value is -3.10. The van der Waals surface area contributed by atoms with E-state index in [1.54, 1.807) is 60.6 Å². The molecular weight excluding hydrogens is 428 g/mol. The molecule has 8 heteroatoms. The summed E-state index contributed by atoms with van der Waals surface area (Å²) in [4.78, 5) is 14.5. The molecule has 0 unspecified atom stereocenters. The number of aryl methyl sites for hydroxylation is 1. The molecule has 0 spiro atoms. The van der Waals surface area contributed by atoms with Gasteiger partial charge in [0.05, 0.1) is 12.0 Å². The van der Waals surface area contributed by atoms with E-state index in [1.165, 1.54) is 10.4 Å². The molecule has 2 aromatic carbocycles. The number of methoxy groups -OCH3 is 1. The Morgan fingerprint density at radius 3 is 2.38 bits per heavy atom. The van der Waals surface area contributed by atoms with Crippen molar-refractivity contribution in [2.45, 2.75) is 11.8 Å². The van der Waals surface area contributed by atoms with E-state index in [0.717, 1.165) is 11.1 Å². The maximum absolute atomic E-state index is 12.8. The van der Waals surface area contributed by atoms with Gasteiger partial charge in [0.25, 0.3) is 0 Å². The minimum atomic E-state index is -3.56. The van der Waals surface area contributed by atoms with Gasteiger partial charge in [-0.1, -0.05) is 36.4 Å². The van der Waals surface area contributed by atoms with Crippen LogP contribution in [-0.2, 0) is 14.8 Å². The second-order valence-electron chi connectivity index (χ2n) is 7.39. The van der Waals surface area contributed by atoms with Gasteiger partial charge in [0, 0.05) is 32.3 Å². The first-order valence-electron chi connectivity index (χ1n) is 10.3. The number of carbonyl (C=O) groups is 1. The molecule has 2 aromatic rings. The Morgan fingerprint density at radius 2 is 1.75 bits per heavy atom. The van der Waals surface area contributed by atoms with Crippen molar-refractivity contribution in [3.63, 3.8) is 0 Å². The highest BCUT2D eigenvalue weighted by atomic mass is 32.2.